The molecule has 0 radical (unpaired) electrons. The van der Waals surface area contributed by atoms with Crippen molar-refractivity contribution in [2.45, 2.75) is 52.1 Å². The van der Waals surface area contributed by atoms with Gasteiger partial charge >= 0.3 is 6.09 Å². The van der Waals surface area contributed by atoms with Crippen LogP contribution in [0.4, 0.5) is 4.79 Å². The summed E-state index contributed by atoms with van der Waals surface area (Å²) in [5.41, 5.74) is 6.33. The predicted molar refractivity (Wildman–Crippen MR) is 113 cm³/mol. The number of fused-ring (bicyclic) bond motifs is 1. The molecule has 0 atom stereocenters. The first-order chi connectivity index (χ1) is 14.2. The minimum absolute atomic E-state index is 0.175. The summed E-state index contributed by atoms with van der Waals surface area (Å²) >= 11 is 0. The maximum Gasteiger partial charge on any atom is 0.410 e. The van der Waals surface area contributed by atoms with Crippen LogP contribution in [-0.2, 0) is 20.7 Å². The number of rotatable bonds is 4. The number of hydrogen-bond acceptors (Lipinski definition) is 4. The number of aromatic nitrogens is 1. The Labute approximate surface area is 176 Å². The van der Waals surface area contributed by atoms with Gasteiger partial charge in [0, 0.05) is 36.6 Å². The monoisotopic (exact) mass is 414 g/mol. The van der Waals surface area contributed by atoms with E-state index in [2.05, 4.69) is 15.8 Å². The normalized spacial score (nSPS) is 15.1. The van der Waals surface area contributed by atoms with Crippen LogP contribution in [0.5, 0.6) is 0 Å². The van der Waals surface area contributed by atoms with Crippen molar-refractivity contribution in [1.82, 2.24) is 20.7 Å². The van der Waals surface area contributed by atoms with Crippen LogP contribution in [0.2, 0.25) is 0 Å². The van der Waals surface area contributed by atoms with Crippen molar-refractivity contribution in [2.24, 2.45) is 5.92 Å². The second kappa shape index (κ2) is 9.19. The highest BCUT2D eigenvalue weighted by Gasteiger charge is 2.27. The number of benzene rings is 1. The summed E-state index contributed by atoms with van der Waals surface area (Å²) in [6.45, 7) is 6.66. The zero-order valence-electron chi connectivity index (χ0n) is 17.8. The largest absolute Gasteiger partial charge is 0.444 e. The van der Waals surface area contributed by atoms with Crippen LogP contribution in [0.15, 0.2) is 30.5 Å². The summed E-state index contributed by atoms with van der Waals surface area (Å²) in [6.07, 6.45) is 3.46. The smallest absolute Gasteiger partial charge is 0.410 e. The molecule has 3 rings (SSSR count). The van der Waals surface area contributed by atoms with E-state index in [1.165, 1.54) is 0 Å². The summed E-state index contributed by atoms with van der Waals surface area (Å²) in [5.74, 6) is -0.319. The number of hydrazine groups is 1. The second-order valence-corrected chi connectivity index (χ2v) is 8.75. The molecule has 162 valence electrons. The van der Waals surface area contributed by atoms with Gasteiger partial charge in [-0.25, -0.2) is 4.79 Å². The Morgan fingerprint density at radius 1 is 1.10 bits per heavy atom. The lowest BCUT2D eigenvalue weighted by Gasteiger charge is -2.33. The van der Waals surface area contributed by atoms with Gasteiger partial charge in [-0.05, 0) is 51.2 Å². The number of nitrogens with zero attached hydrogens (tertiary/aromatic N) is 1. The maximum atomic E-state index is 12.2. The van der Waals surface area contributed by atoms with Crippen LogP contribution in [0.25, 0.3) is 10.9 Å². The quantitative estimate of drug-likeness (QED) is 0.669. The zero-order chi connectivity index (χ0) is 21.7. The number of hydrogen-bond donors (Lipinski definition) is 3. The second-order valence-electron chi connectivity index (χ2n) is 8.75. The van der Waals surface area contributed by atoms with E-state index in [0.717, 1.165) is 29.3 Å². The molecule has 1 aromatic carbocycles. The highest BCUT2D eigenvalue weighted by atomic mass is 16.6. The van der Waals surface area contributed by atoms with Crippen LogP contribution in [0, 0.1) is 5.92 Å². The van der Waals surface area contributed by atoms with Crippen molar-refractivity contribution in [1.29, 1.82) is 0 Å². The third-order valence-corrected chi connectivity index (χ3v) is 5.11. The van der Waals surface area contributed by atoms with E-state index in [4.69, 9.17) is 4.74 Å². The van der Waals surface area contributed by atoms with E-state index < -0.39 is 5.60 Å². The lowest BCUT2D eigenvalue weighted by molar-refractivity contribution is -0.129. The van der Waals surface area contributed by atoms with Crippen molar-refractivity contribution >= 4 is 28.8 Å². The van der Waals surface area contributed by atoms with Crippen LogP contribution < -0.4 is 10.9 Å². The molecule has 1 aromatic heterocycles. The number of carbonyl (C=O) groups is 3. The van der Waals surface area contributed by atoms with Crippen molar-refractivity contribution in [3.8, 4) is 0 Å². The molecule has 1 aliphatic rings. The Bertz CT molecular complexity index is 907. The van der Waals surface area contributed by atoms with E-state index in [1.807, 2.05) is 51.2 Å². The Morgan fingerprint density at radius 3 is 2.47 bits per heavy atom. The Morgan fingerprint density at radius 2 is 1.77 bits per heavy atom. The average molecular weight is 415 g/mol. The van der Waals surface area contributed by atoms with Gasteiger partial charge in [-0.15, -0.1) is 0 Å². The Hall–Kier alpha value is -3.03. The fourth-order valence-corrected chi connectivity index (χ4v) is 3.59. The van der Waals surface area contributed by atoms with E-state index in [-0.39, 0.29) is 30.2 Å². The first kappa shape index (κ1) is 21.7. The van der Waals surface area contributed by atoms with Crippen LogP contribution in [0.3, 0.4) is 0 Å². The molecule has 0 spiro atoms. The third kappa shape index (κ3) is 5.98. The molecule has 0 saturated carbocycles. The van der Waals surface area contributed by atoms with Gasteiger partial charge in [0.15, 0.2) is 0 Å². The molecular weight excluding hydrogens is 384 g/mol. The summed E-state index contributed by atoms with van der Waals surface area (Å²) in [5, 5.41) is 0.996. The number of carbonyl (C=O) groups excluding carboxylic acids is 3. The molecule has 1 fully saturated rings. The fourth-order valence-electron chi connectivity index (χ4n) is 3.59. The number of aromatic amines is 1. The average Bonchev–Trinajstić information content (AvgIpc) is 3.08. The Kier molecular flexibility index (Phi) is 6.64. The molecule has 3 amide bonds. The standard InChI is InChI=1S/C22H30N4O4/c1-22(2,3)30-21(29)26-10-8-15(9-11-26)12-19(27)24-25-20(28)13-16-14-23-18-7-5-4-6-17(16)18/h4-7,14-15,23H,8-13H2,1-3H3,(H,24,27)(H,25,28). The minimum atomic E-state index is -0.515. The number of likely N-dealkylation sites (tertiary alicyclic amines) is 1. The van der Waals surface area contributed by atoms with Crippen LogP contribution in [0.1, 0.15) is 45.6 Å². The third-order valence-electron chi connectivity index (χ3n) is 5.11. The number of ether oxygens (including phenoxy) is 1. The molecular formula is C22H30N4O4. The summed E-state index contributed by atoms with van der Waals surface area (Å²) in [4.78, 5) is 41.3. The molecule has 2 aromatic rings. The highest BCUT2D eigenvalue weighted by molar-refractivity contribution is 5.89. The molecule has 1 aliphatic heterocycles. The lowest BCUT2D eigenvalue weighted by Crippen LogP contribution is -2.45. The molecule has 1 saturated heterocycles. The van der Waals surface area contributed by atoms with Crippen LogP contribution >= 0.6 is 0 Å². The van der Waals surface area contributed by atoms with Gasteiger partial charge in [-0.1, -0.05) is 18.2 Å². The molecule has 2 heterocycles. The maximum absolute atomic E-state index is 12.2. The van der Waals surface area contributed by atoms with E-state index >= 15 is 0 Å². The molecule has 8 nitrogen and oxygen atoms in total. The topological polar surface area (TPSA) is 104 Å². The van der Waals surface area contributed by atoms with Crippen LogP contribution in [-0.4, -0.2) is 46.5 Å². The molecule has 0 aliphatic carbocycles. The van der Waals surface area contributed by atoms with Gasteiger partial charge < -0.3 is 14.6 Å². The van der Waals surface area contributed by atoms with E-state index in [1.54, 1.807) is 4.90 Å². The number of H-pyrrole nitrogens is 1. The number of para-hydroxylation sites is 1. The molecule has 8 heteroatoms. The first-order valence-corrected chi connectivity index (χ1v) is 10.3. The van der Waals surface area contributed by atoms with Crippen molar-refractivity contribution < 1.29 is 19.1 Å². The zero-order valence-corrected chi connectivity index (χ0v) is 17.8. The fraction of sp³-hybridized carbons (Fsp3) is 0.500. The predicted octanol–water partition coefficient (Wildman–Crippen LogP) is 2.90. The molecule has 0 bridgehead atoms. The van der Waals surface area contributed by atoms with Gasteiger partial charge in [0.1, 0.15) is 5.60 Å². The van der Waals surface area contributed by atoms with E-state index in [0.29, 0.717) is 19.5 Å². The molecule has 30 heavy (non-hydrogen) atoms. The van der Waals surface area contributed by atoms with Gasteiger partial charge in [0.2, 0.25) is 11.8 Å². The number of piperidine rings is 1. The summed E-state index contributed by atoms with van der Waals surface area (Å²) < 4.78 is 5.39. The summed E-state index contributed by atoms with van der Waals surface area (Å²) in [7, 11) is 0. The first-order valence-electron chi connectivity index (χ1n) is 10.3. The summed E-state index contributed by atoms with van der Waals surface area (Å²) in [6, 6.07) is 7.76. The minimum Gasteiger partial charge on any atom is -0.444 e. The number of amides is 3. The number of nitrogens with one attached hydrogen (secondary N) is 3. The van der Waals surface area contributed by atoms with E-state index in [9.17, 15) is 14.4 Å². The van der Waals surface area contributed by atoms with Gasteiger partial charge in [-0.2, -0.15) is 0 Å². The lowest BCUT2D eigenvalue weighted by atomic mass is 9.93. The van der Waals surface area contributed by atoms with Crippen molar-refractivity contribution in [2.75, 3.05) is 13.1 Å². The SMILES string of the molecule is CC(C)(C)OC(=O)N1CCC(CC(=O)NNC(=O)Cc2c[nH]c3ccccc23)CC1. The van der Waals surface area contributed by atoms with Gasteiger partial charge in [0.05, 0.1) is 6.42 Å². The molecule has 0 unspecified atom stereocenters. The van der Waals surface area contributed by atoms with Crippen molar-refractivity contribution in [3.63, 3.8) is 0 Å². The van der Waals surface area contributed by atoms with Gasteiger partial charge in [-0.3, -0.25) is 20.4 Å². The Balaban J connectivity index is 1.38. The van der Waals surface area contributed by atoms with Crippen molar-refractivity contribution in [3.05, 3.63) is 36.0 Å². The highest BCUT2D eigenvalue weighted by Crippen LogP contribution is 2.22. The van der Waals surface area contributed by atoms with Gasteiger partial charge in [0.25, 0.3) is 0 Å². The molecule has 3 N–H and O–H groups in total.